The molecule has 3 aromatic rings. The zero-order valence-corrected chi connectivity index (χ0v) is 18.5. The maximum absolute atomic E-state index is 14.6. The lowest BCUT2D eigenvalue weighted by molar-refractivity contribution is -0.137. The first-order valence-corrected chi connectivity index (χ1v) is 10.8. The van der Waals surface area contributed by atoms with Gasteiger partial charge in [-0.15, -0.1) is 6.42 Å². The average molecular weight is 472 g/mol. The SMILES string of the molecule is C#CCN(CC(=O)O)C(=O)c1cccc(F)c1NC(=O)OCC1c2ccccc2-c2ccccc21. The summed E-state index contributed by atoms with van der Waals surface area (Å²) in [5.74, 6) is -0.986. The number of benzene rings is 3. The number of nitrogens with one attached hydrogen (secondary N) is 1. The highest BCUT2D eigenvalue weighted by molar-refractivity contribution is 6.03. The summed E-state index contributed by atoms with van der Waals surface area (Å²) < 4.78 is 20.1. The molecule has 0 saturated heterocycles. The smallest absolute Gasteiger partial charge is 0.411 e. The summed E-state index contributed by atoms with van der Waals surface area (Å²) >= 11 is 0. The molecule has 0 radical (unpaired) electrons. The van der Waals surface area contributed by atoms with E-state index in [0.717, 1.165) is 33.2 Å². The van der Waals surface area contributed by atoms with Crippen LogP contribution in [0, 0.1) is 18.2 Å². The second-order valence-electron chi connectivity index (χ2n) is 7.87. The molecule has 176 valence electrons. The van der Waals surface area contributed by atoms with Crippen molar-refractivity contribution >= 4 is 23.7 Å². The highest BCUT2D eigenvalue weighted by Crippen LogP contribution is 2.44. The van der Waals surface area contributed by atoms with Crippen LogP contribution in [-0.2, 0) is 9.53 Å². The summed E-state index contributed by atoms with van der Waals surface area (Å²) in [6, 6.07) is 19.3. The lowest BCUT2D eigenvalue weighted by Gasteiger charge is -2.20. The number of amides is 2. The Kier molecular flexibility index (Phi) is 6.78. The average Bonchev–Trinajstić information content (AvgIpc) is 3.17. The van der Waals surface area contributed by atoms with Crippen molar-refractivity contribution in [1.82, 2.24) is 4.90 Å². The number of hydrogen-bond acceptors (Lipinski definition) is 4. The zero-order chi connectivity index (χ0) is 24.9. The number of anilines is 1. The van der Waals surface area contributed by atoms with Gasteiger partial charge in [0.05, 0.1) is 17.8 Å². The van der Waals surface area contributed by atoms with Crippen LogP contribution in [0.3, 0.4) is 0 Å². The molecule has 0 aliphatic heterocycles. The van der Waals surface area contributed by atoms with Crippen LogP contribution in [0.15, 0.2) is 66.7 Å². The number of carbonyl (C=O) groups is 3. The van der Waals surface area contributed by atoms with Gasteiger partial charge in [0.1, 0.15) is 19.0 Å². The molecule has 35 heavy (non-hydrogen) atoms. The van der Waals surface area contributed by atoms with Crippen molar-refractivity contribution in [2.24, 2.45) is 0 Å². The molecular formula is C27H21FN2O5. The Balaban J connectivity index is 1.52. The third kappa shape index (κ3) is 4.84. The lowest BCUT2D eigenvalue weighted by atomic mass is 9.98. The molecule has 2 amide bonds. The summed E-state index contributed by atoms with van der Waals surface area (Å²) in [6.07, 6.45) is 4.29. The van der Waals surface area contributed by atoms with E-state index in [0.29, 0.717) is 0 Å². The first kappa shape index (κ1) is 23.5. The maximum Gasteiger partial charge on any atom is 0.411 e. The number of para-hydroxylation sites is 1. The molecule has 3 aromatic carbocycles. The summed E-state index contributed by atoms with van der Waals surface area (Å²) in [4.78, 5) is 37.5. The monoisotopic (exact) mass is 472 g/mol. The Hall–Kier alpha value is -4.64. The van der Waals surface area contributed by atoms with Gasteiger partial charge in [-0.3, -0.25) is 14.9 Å². The largest absolute Gasteiger partial charge is 0.480 e. The minimum atomic E-state index is -1.28. The highest BCUT2D eigenvalue weighted by Gasteiger charge is 2.29. The predicted octanol–water partition coefficient (Wildman–Crippen LogP) is 4.35. The number of carboxylic acid groups (broad SMARTS) is 1. The molecule has 0 aromatic heterocycles. The Morgan fingerprint density at radius 2 is 1.63 bits per heavy atom. The minimum Gasteiger partial charge on any atom is -0.480 e. The number of rotatable bonds is 7. The molecule has 0 heterocycles. The summed E-state index contributed by atoms with van der Waals surface area (Å²) in [7, 11) is 0. The molecule has 1 aliphatic carbocycles. The van der Waals surface area contributed by atoms with Gasteiger partial charge in [-0.2, -0.15) is 0 Å². The van der Waals surface area contributed by atoms with Crippen LogP contribution in [0.2, 0.25) is 0 Å². The Labute approximate surface area is 201 Å². The Morgan fingerprint density at radius 1 is 1.00 bits per heavy atom. The zero-order valence-electron chi connectivity index (χ0n) is 18.5. The standard InChI is InChI=1S/C27H21FN2O5/c1-2-14-30(15-24(31)32)26(33)21-12-7-13-23(28)25(21)29-27(34)35-16-22-19-10-5-3-8-17(19)18-9-4-6-11-20(18)22/h1,3-13,22H,14-16H2,(H,29,34)(H,31,32). The Bertz CT molecular complexity index is 1300. The van der Waals surface area contributed by atoms with E-state index in [1.165, 1.54) is 12.1 Å². The van der Waals surface area contributed by atoms with Gasteiger partial charge in [0.15, 0.2) is 0 Å². The van der Waals surface area contributed by atoms with Crippen LogP contribution in [0.1, 0.15) is 27.4 Å². The first-order chi connectivity index (χ1) is 16.9. The number of halogens is 1. The topological polar surface area (TPSA) is 95.9 Å². The van der Waals surface area contributed by atoms with Crippen molar-refractivity contribution in [2.45, 2.75) is 5.92 Å². The normalized spacial score (nSPS) is 11.7. The van der Waals surface area contributed by atoms with Gasteiger partial charge < -0.3 is 14.7 Å². The second kappa shape index (κ2) is 10.1. The second-order valence-corrected chi connectivity index (χ2v) is 7.87. The minimum absolute atomic E-state index is 0.000173. The number of carboxylic acids is 1. The van der Waals surface area contributed by atoms with Gasteiger partial charge in [-0.1, -0.05) is 60.5 Å². The lowest BCUT2D eigenvalue weighted by Crippen LogP contribution is -2.36. The predicted molar refractivity (Wildman–Crippen MR) is 127 cm³/mol. The molecule has 0 saturated carbocycles. The fraction of sp³-hybridized carbons (Fsp3) is 0.148. The molecule has 0 fully saturated rings. The summed E-state index contributed by atoms with van der Waals surface area (Å²) in [5.41, 5.74) is 3.50. The molecule has 1 aliphatic rings. The maximum atomic E-state index is 14.6. The van der Waals surface area contributed by atoms with Crippen molar-refractivity contribution in [2.75, 3.05) is 25.0 Å². The van der Waals surface area contributed by atoms with E-state index in [1.807, 2.05) is 48.5 Å². The van der Waals surface area contributed by atoms with Crippen LogP contribution < -0.4 is 5.32 Å². The van der Waals surface area contributed by atoms with E-state index in [2.05, 4.69) is 11.2 Å². The van der Waals surface area contributed by atoms with E-state index in [1.54, 1.807) is 0 Å². The van der Waals surface area contributed by atoms with Gasteiger partial charge in [-0.05, 0) is 34.4 Å². The van der Waals surface area contributed by atoms with Crippen LogP contribution >= 0.6 is 0 Å². The highest BCUT2D eigenvalue weighted by atomic mass is 19.1. The summed E-state index contributed by atoms with van der Waals surface area (Å²) in [5, 5.41) is 11.4. The van der Waals surface area contributed by atoms with E-state index in [9.17, 15) is 18.8 Å². The first-order valence-electron chi connectivity index (χ1n) is 10.8. The molecule has 4 rings (SSSR count). The molecule has 7 nitrogen and oxygen atoms in total. The molecule has 0 atom stereocenters. The van der Waals surface area contributed by atoms with Gasteiger partial charge in [0, 0.05) is 5.92 Å². The number of aliphatic carboxylic acids is 1. The number of ether oxygens (including phenoxy) is 1. The fourth-order valence-electron chi connectivity index (χ4n) is 4.21. The van der Waals surface area contributed by atoms with Crippen molar-refractivity contribution in [3.8, 4) is 23.5 Å². The number of terminal acetylenes is 1. The van der Waals surface area contributed by atoms with Crippen molar-refractivity contribution in [1.29, 1.82) is 0 Å². The fourth-order valence-corrected chi connectivity index (χ4v) is 4.21. The van der Waals surface area contributed by atoms with Crippen molar-refractivity contribution in [3.63, 3.8) is 0 Å². The van der Waals surface area contributed by atoms with Crippen LogP contribution in [-0.4, -0.2) is 47.7 Å². The van der Waals surface area contributed by atoms with Gasteiger partial charge in [-0.25, -0.2) is 9.18 Å². The van der Waals surface area contributed by atoms with E-state index in [4.69, 9.17) is 16.3 Å². The van der Waals surface area contributed by atoms with E-state index < -0.39 is 36.0 Å². The molecular weight excluding hydrogens is 451 g/mol. The van der Waals surface area contributed by atoms with Crippen molar-refractivity contribution in [3.05, 3.63) is 89.2 Å². The van der Waals surface area contributed by atoms with E-state index in [-0.39, 0.29) is 24.6 Å². The molecule has 0 unspecified atom stereocenters. The van der Waals surface area contributed by atoms with Gasteiger partial charge >= 0.3 is 12.1 Å². The third-order valence-corrected chi connectivity index (χ3v) is 5.71. The van der Waals surface area contributed by atoms with Crippen LogP contribution in [0.25, 0.3) is 11.1 Å². The number of fused-ring (bicyclic) bond motifs is 3. The van der Waals surface area contributed by atoms with E-state index >= 15 is 0 Å². The van der Waals surface area contributed by atoms with Crippen molar-refractivity contribution < 1.29 is 28.6 Å². The van der Waals surface area contributed by atoms with Gasteiger partial charge in [0.25, 0.3) is 5.91 Å². The quantitative estimate of drug-likeness (QED) is 0.499. The van der Waals surface area contributed by atoms with Crippen LogP contribution in [0.4, 0.5) is 14.9 Å². The Morgan fingerprint density at radius 3 is 2.23 bits per heavy atom. The number of nitrogens with zero attached hydrogens (tertiary/aromatic N) is 1. The number of carbonyl (C=O) groups excluding carboxylic acids is 2. The summed E-state index contributed by atoms with van der Waals surface area (Å²) in [6.45, 7) is -0.976. The van der Waals surface area contributed by atoms with Crippen LogP contribution in [0.5, 0.6) is 0 Å². The molecule has 0 spiro atoms. The molecule has 8 heteroatoms. The van der Waals surface area contributed by atoms with Gasteiger partial charge in [0.2, 0.25) is 0 Å². The molecule has 2 N–H and O–H groups in total. The number of hydrogen-bond donors (Lipinski definition) is 2. The molecule has 0 bridgehead atoms. The third-order valence-electron chi connectivity index (χ3n) is 5.71.